The van der Waals surface area contributed by atoms with Crippen molar-refractivity contribution in [1.29, 1.82) is 0 Å². The number of rotatable bonds is 8. The van der Waals surface area contributed by atoms with Crippen LogP contribution in [0.1, 0.15) is 22.4 Å². The van der Waals surface area contributed by atoms with Crippen LogP contribution < -0.4 is 5.73 Å². The zero-order chi connectivity index (χ0) is 20.8. The lowest BCUT2D eigenvalue weighted by Gasteiger charge is -2.40. The van der Waals surface area contributed by atoms with Crippen molar-refractivity contribution >= 4 is 0 Å². The van der Waals surface area contributed by atoms with Gasteiger partial charge in [-0.1, -0.05) is 96.2 Å². The zero-order valence-electron chi connectivity index (χ0n) is 16.8. The van der Waals surface area contributed by atoms with E-state index in [0.29, 0.717) is 12.8 Å². The summed E-state index contributed by atoms with van der Waals surface area (Å²) in [5, 5.41) is 18.2. The summed E-state index contributed by atoms with van der Waals surface area (Å²) in [7, 11) is 0. The van der Waals surface area contributed by atoms with E-state index >= 15 is 0 Å². The van der Waals surface area contributed by atoms with Crippen LogP contribution in [0.15, 0.2) is 97.2 Å². The molecule has 4 aromatic rings. The van der Waals surface area contributed by atoms with Crippen molar-refractivity contribution in [3.8, 4) is 0 Å². The summed E-state index contributed by atoms with van der Waals surface area (Å²) in [5.74, 6) is 0. The lowest BCUT2D eigenvalue weighted by atomic mass is 9.75. The highest BCUT2D eigenvalue weighted by molar-refractivity contribution is 5.42. The SMILES string of the molecule is N[C@@H](Cc1ccccc1)C(c1ccccc1)(c1ccccc1)n1cc(CCO)nn1. The number of aliphatic hydroxyl groups is 1. The number of hydrogen-bond acceptors (Lipinski definition) is 4. The van der Waals surface area contributed by atoms with Crippen LogP contribution in [0.2, 0.25) is 0 Å². The maximum Gasteiger partial charge on any atom is 0.130 e. The maximum atomic E-state index is 9.37. The molecule has 0 saturated carbocycles. The van der Waals surface area contributed by atoms with Gasteiger partial charge in [0.05, 0.1) is 11.9 Å². The van der Waals surface area contributed by atoms with Crippen molar-refractivity contribution in [1.82, 2.24) is 15.0 Å². The van der Waals surface area contributed by atoms with Gasteiger partial charge >= 0.3 is 0 Å². The van der Waals surface area contributed by atoms with Gasteiger partial charge in [0.2, 0.25) is 0 Å². The van der Waals surface area contributed by atoms with Crippen LogP contribution in [0.3, 0.4) is 0 Å². The molecule has 3 N–H and O–H groups in total. The van der Waals surface area contributed by atoms with Gasteiger partial charge in [-0.2, -0.15) is 0 Å². The van der Waals surface area contributed by atoms with Gasteiger partial charge in [0, 0.05) is 19.1 Å². The molecule has 152 valence electrons. The van der Waals surface area contributed by atoms with Gasteiger partial charge in [-0.05, 0) is 23.1 Å². The molecule has 0 aliphatic heterocycles. The van der Waals surface area contributed by atoms with Crippen molar-refractivity contribution in [2.24, 2.45) is 5.73 Å². The molecule has 0 radical (unpaired) electrons. The second-order valence-corrected chi connectivity index (χ2v) is 7.42. The van der Waals surface area contributed by atoms with E-state index in [9.17, 15) is 5.11 Å². The first-order chi connectivity index (χ1) is 14.7. The highest BCUT2D eigenvalue weighted by Crippen LogP contribution is 2.37. The smallest absolute Gasteiger partial charge is 0.130 e. The Labute approximate surface area is 176 Å². The van der Waals surface area contributed by atoms with E-state index in [1.807, 2.05) is 65.5 Å². The van der Waals surface area contributed by atoms with E-state index in [0.717, 1.165) is 22.4 Å². The van der Waals surface area contributed by atoms with Crippen molar-refractivity contribution in [2.45, 2.75) is 24.4 Å². The summed E-state index contributed by atoms with van der Waals surface area (Å²) >= 11 is 0. The van der Waals surface area contributed by atoms with Crippen LogP contribution in [0.4, 0.5) is 0 Å². The van der Waals surface area contributed by atoms with Gasteiger partial charge in [-0.25, -0.2) is 4.68 Å². The summed E-state index contributed by atoms with van der Waals surface area (Å²) in [5.41, 5.74) is 10.3. The molecule has 3 aromatic carbocycles. The minimum Gasteiger partial charge on any atom is -0.396 e. The summed E-state index contributed by atoms with van der Waals surface area (Å²) < 4.78 is 1.87. The average molecular weight is 399 g/mol. The Balaban J connectivity index is 1.93. The number of aliphatic hydroxyl groups excluding tert-OH is 1. The van der Waals surface area contributed by atoms with E-state index in [1.165, 1.54) is 0 Å². The van der Waals surface area contributed by atoms with Crippen LogP contribution >= 0.6 is 0 Å². The molecule has 1 aromatic heterocycles. The Kier molecular flexibility index (Phi) is 6.02. The Bertz CT molecular complexity index is 1010. The number of nitrogens with zero attached hydrogens (tertiary/aromatic N) is 3. The standard InChI is InChI=1S/C25H26N4O/c26-24(18-20-10-4-1-5-11-20)25(21-12-6-2-7-13-21,22-14-8-3-9-15-22)29-19-23(16-17-30)27-28-29/h1-15,19,24,30H,16-18,26H2/t24-/m0/s1. The molecule has 1 atom stereocenters. The molecule has 0 aliphatic carbocycles. The molecule has 0 saturated heterocycles. The predicted molar refractivity (Wildman–Crippen MR) is 118 cm³/mol. The van der Waals surface area contributed by atoms with Gasteiger partial charge in [0.1, 0.15) is 5.54 Å². The van der Waals surface area contributed by atoms with Crippen LogP contribution in [0.5, 0.6) is 0 Å². The van der Waals surface area contributed by atoms with E-state index in [4.69, 9.17) is 5.73 Å². The predicted octanol–water partition coefficient (Wildman–Crippen LogP) is 3.17. The first-order valence-electron chi connectivity index (χ1n) is 10.2. The highest BCUT2D eigenvalue weighted by Gasteiger charge is 2.43. The minimum atomic E-state index is -0.751. The van der Waals surface area contributed by atoms with Gasteiger partial charge in [0.15, 0.2) is 0 Å². The van der Waals surface area contributed by atoms with Gasteiger partial charge in [-0.3, -0.25) is 0 Å². The molecule has 0 fully saturated rings. The number of hydrogen-bond donors (Lipinski definition) is 2. The minimum absolute atomic E-state index is 0.0262. The van der Waals surface area contributed by atoms with Crippen LogP contribution in [-0.2, 0) is 18.4 Å². The molecule has 0 spiro atoms. The Morgan fingerprint density at radius 2 is 1.37 bits per heavy atom. The van der Waals surface area contributed by atoms with Crippen LogP contribution in [-0.4, -0.2) is 32.7 Å². The first kappa shape index (κ1) is 20.0. The van der Waals surface area contributed by atoms with Crippen LogP contribution in [0.25, 0.3) is 0 Å². The molecule has 0 bridgehead atoms. The van der Waals surface area contributed by atoms with E-state index in [1.54, 1.807) is 0 Å². The highest BCUT2D eigenvalue weighted by atomic mass is 16.3. The summed E-state index contributed by atoms with van der Waals surface area (Å²) in [6.07, 6.45) is 3.02. The third kappa shape index (κ3) is 3.77. The lowest BCUT2D eigenvalue weighted by Crippen LogP contribution is -2.53. The molecular formula is C25H26N4O. The first-order valence-corrected chi connectivity index (χ1v) is 10.2. The third-order valence-electron chi connectivity index (χ3n) is 5.53. The number of nitrogens with two attached hydrogens (primary N) is 1. The molecule has 0 amide bonds. The topological polar surface area (TPSA) is 77.0 Å². The molecule has 5 heteroatoms. The van der Waals surface area contributed by atoms with Gasteiger partial charge in [-0.15, -0.1) is 5.10 Å². The summed E-state index contributed by atoms with van der Waals surface area (Å²) in [4.78, 5) is 0. The molecule has 0 aliphatic rings. The number of aromatic nitrogens is 3. The molecule has 30 heavy (non-hydrogen) atoms. The van der Waals surface area contributed by atoms with Crippen molar-refractivity contribution in [3.05, 3.63) is 120 Å². The van der Waals surface area contributed by atoms with E-state index in [-0.39, 0.29) is 12.6 Å². The fraction of sp³-hybridized carbons (Fsp3) is 0.200. The summed E-state index contributed by atoms with van der Waals surface area (Å²) in [6.45, 7) is 0.0262. The third-order valence-corrected chi connectivity index (χ3v) is 5.53. The largest absolute Gasteiger partial charge is 0.396 e. The zero-order valence-corrected chi connectivity index (χ0v) is 16.8. The fourth-order valence-electron chi connectivity index (χ4n) is 4.13. The summed E-state index contributed by atoms with van der Waals surface area (Å²) in [6, 6.07) is 30.4. The average Bonchev–Trinajstić information content (AvgIpc) is 3.25. The van der Waals surface area contributed by atoms with Gasteiger partial charge in [0.25, 0.3) is 0 Å². The fourth-order valence-corrected chi connectivity index (χ4v) is 4.13. The van der Waals surface area contributed by atoms with E-state index < -0.39 is 5.54 Å². The van der Waals surface area contributed by atoms with Crippen LogP contribution in [0, 0.1) is 0 Å². The maximum absolute atomic E-state index is 9.37. The lowest BCUT2D eigenvalue weighted by molar-refractivity contribution is 0.298. The van der Waals surface area contributed by atoms with E-state index in [2.05, 4.69) is 46.7 Å². The second-order valence-electron chi connectivity index (χ2n) is 7.42. The molecule has 4 rings (SSSR count). The monoisotopic (exact) mass is 398 g/mol. The van der Waals surface area contributed by atoms with Crippen molar-refractivity contribution in [2.75, 3.05) is 6.61 Å². The normalized spacial score (nSPS) is 12.6. The molecular weight excluding hydrogens is 372 g/mol. The van der Waals surface area contributed by atoms with Gasteiger partial charge < -0.3 is 10.8 Å². The van der Waals surface area contributed by atoms with Crippen molar-refractivity contribution in [3.63, 3.8) is 0 Å². The Hall–Kier alpha value is -3.28. The molecule has 0 unspecified atom stereocenters. The number of benzene rings is 3. The van der Waals surface area contributed by atoms with Crippen molar-refractivity contribution < 1.29 is 5.11 Å². The molecule has 5 nitrogen and oxygen atoms in total. The molecule has 1 heterocycles. The quantitative estimate of drug-likeness (QED) is 0.478. The second kappa shape index (κ2) is 9.03. The Morgan fingerprint density at radius 1 is 0.833 bits per heavy atom. The Morgan fingerprint density at radius 3 is 1.90 bits per heavy atom.